The number of carbonyl (C=O) groups is 1. The molecule has 0 bridgehead atoms. The highest BCUT2D eigenvalue weighted by atomic mass is 19.1. The maximum atomic E-state index is 13.5. The highest BCUT2D eigenvalue weighted by molar-refractivity contribution is 5.94. The SMILES string of the molecule is CC(Oc1ccccc1C#N)C(=O)Nc1ccc(F)cc1F. The molecule has 6 heteroatoms. The van der Waals surface area contributed by atoms with E-state index < -0.39 is 23.6 Å². The second-order valence-electron chi connectivity index (χ2n) is 4.48. The van der Waals surface area contributed by atoms with E-state index in [4.69, 9.17) is 10.00 Å². The number of para-hydroxylation sites is 1. The number of nitrogens with one attached hydrogen (secondary N) is 1. The molecule has 1 N–H and O–H groups in total. The Labute approximate surface area is 125 Å². The minimum absolute atomic E-state index is 0.143. The van der Waals surface area contributed by atoms with Crippen molar-refractivity contribution in [2.24, 2.45) is 0 Å². The van der Waals surface area contributed by atoms with E-state index in [0.29, 0.717) is 6.07 Å². The largest absolute Gasteiger partial charge is 0.480 e. The summed E-state index contributed by atoms with van der Waals surface area (Å²) < 4.78 is 31.7. The van der Waals surface area contributed by atoms with Crippen LogP contribution in [0.3, 0.4) is 0 Å². The number of halogens is 2. The van der Waals surface area contributed by atoms with Gasteiger partial charge in [0, 0.05) is 6.07 Å². The van der Waals surface area contributed by atoms with Crippen LogP contribution in [0.1, 0.15) is 12.5 Å². The molecule has 0 fully saturated rings. The minimum atomic E-state index is -0.959. The number of nitrogens with zero attached hydrogens (tertiary/aromatic N) is 1. The van der Waals surface area contributed by atoms with Crippen molar-refractivity contribution in [2.75, 3.05) is 5.32 Å². The first-order valence-electron chi connectivity index (χ1n) is 6.43. The third-order valence-corrected chi connectivity index (χ3v) is 2.87. The number of amides is 1. The highest BCUT2D eigenvalue weighted by Crippen LogP contribution is 2.19. The van der Waals surface area contributed by atoms with Gasteiger partial charge in [0.2, 0.25) is 0 Å². The standard InChI is InChI=1S/C16H12F2N2O2/c1-10(22-15-5-3-2-4-11(15)9-19)16(21)20-14-7-6-12(17)8-13(14)18/h2-8,10H,1H3,(H,20,21). The number of ether oxygens (including phenoxy) is 1. The summed E-state index contributed by atoms with van der Waals surface area (Å²) >= 11 is 0. The molecule has 1 atom stereocenters. The van der Waals surface area contributed by atoms with Crippen molar-refractivity contribution in [3.8, 4) is 11.8 Å². The maximum Gasteiger partial charge on any atom is 0.265 e. The molecule has 2 aromatic carbocycles. The molecule has 1 unspecified atom stereocenters. The molecule has 1 amide bonds. The molecule has 0 saturated heterocycles. The third kappa shape index (κ3) is 3.58. The summed E-state index contributed by atoms with van der Waals surface area (Å²) in [6.07, 6.45) is -0.959. The Balaban J connectivity index is 2.08. The second kappa shape index (κ2) is 6.68. The predicted octanol–water partition coefficient (Wildman–Crippen LogP) is 3.24. The molecule has 0 aromatic heterocycles. The monoisotopic (exact) mass is 302 g/mol. The summed E-state index contributed by atoms with van der Waals surface area (Å²) in [6.45, 7) is 1.46. The smallest absolute Gasteiger partial charge is 0.265 e. The van der Waals surface area contributed by atoms with Gasteiger partial charge in [0.1, 0.15) is 23.5 Å². The molecule has 22 heavy (non-hydrogen) atoms. The summed E-state index contributed by atoms with van der Waals surface area (Å²) in [7, 11) is 0. The maximum absolute atomic E-state index is 13.5. The molecule has 0 saturated carbocycles. The van der Waals surface area contributed by atoms with Crippen molar-refractivity contribution in [1.29, 1.82) is 5.26 Å². The van der Waals surface area contributed by atoms with Gasteiger partial charge in [-0.25, -0.2) is 8.78 Å². The van der Waals surface area contributed by atoms with E-state index in [9.17, 15) is 13.6 Å². The Morgan fingerprint density at radius 3 is 2.68 bits per heavy atom. The van der Waals surface area contributed by atoms with Crippen LogP contribution in [-0.2, 0) is 4.79 Å². The Morgan fingerprint density at radius 1 is 1.27 bits per heavy atom. The van der Waals surface area contributed by atoms with Gasteiger partial charge in [-0.3, -0.25) is 4.79 Å². The van der Waals surface area contributed by atoms with Gasteiger partial charge in [0.05, 0.1) is 11.3 Å². The van der Waals surface area contributed by atoms with E-state index in [1.807, 2.05) is 6.07 Å². The molecule has 112 valence electrons. The summed E-state index contributed by atoms with van der Waals surface area (Å²) in [4.78, 5) is 12.0. The van der Waals surface area contributed by atoms with E-state index in [1.54, 1.807) is 24.3 Å². The number of hydrogen-bond acceptors (Lipinski definition) is 3. The quantitative estimate of drug-likeness (QED) is 0.943. The van der Waals surface area contributed by atoms with Crippen LogP contribution in [0.25, 0.3) is 0 Å². The Morgan fingerprint density at radius 2 is 2.00 bits per heavy atom. The van der Waals surface area contributed by atoms with Gasteiger partial charge in [-0.1, -0.05) is 12.1 Å². The van der Waals surface area contributed by atoms with E-state index in [2.05, 4.69) is 5.32 Å². The van der Waals surface area contributed by atoms with E-state index in [0.717, 1.165) is 12.1 Å². The first kappa shape index (κ1) is 15.4. The first-order valence-corrected chi connectivity index (χ1v) is 6.43. The summed E-state index contributed by atoms with van der Waals surface area (Å²) in [5.41, 5.74) is 0.144. The number of nitriles is 1. The summed E-state index contributed by atoms with van der Waals surface area (Å²) in [5.74, 6) is -1.97. The van der Waals surface area contributed by atoms with Crippen molar-refractivity contribution in [2.45, 2.75) is 13.0 Å². The molecule has 0 aliphatic heterocycles. The molecule has 0 aliphatic rings. The number of hydrogen-bond donors (Lipinski definition) is 1. The Kier molecular flexibility index (Phi) is 4.69. The van der Waals surface area contributed by atoms with Crippen LogP contribution in [0, 0.1) is 23.0 Å². The van der Waals surface area contributed by atoms with Crippen LogP contribution in [0.15, 0.2) is 42.5 Å². The van der Waals surface area contributed by atoms with Gasteiger partial charge in [-0.05, 0) is 31.2 Å². The molecule has 0 aliphatic carbocycles. The highest BCUT2D eigenvalue weighted by Gasteiger charge is 2.18. The molecule has 2 aromatic rings. The van der Waals surface area contributed by atoms with Crippen LogP contribution in [0.2, 0.25) is 0 Å². The fourth-order valence-electron chi connectivity index (χ4n) is 1.73. The molecule has 0 heterocycles. The van der Waals surface area contributed by atoms with Crippen molar-refractivity contribution in [3.05, 3.63) is 59.7 Å². The average Bonchev–Trinajstić information content (AvgIpc) is 2.50. The van der Waals surface area contributed by atoms with Gasteiger partial charge in [0.15, 0.2) is 6.10 Å². The lowest BCUT2D eigenvalue weighted by Crippen LogP contribution is -2.30. The van der Waals surface area contributed by atoms with Crippen molar-refractivity contribution in [1.82, 2.24) is 0 Å². The van der Waals surface area contributed by atoms with Gasteiger partial charge < -0.3 is 10.1 Å². The van der Waals surface area contributed by atoms with Crippen LogP contribution in [-0.4, -0.2) is 12.0 Å². The molecule has 2 rings (SSSR count). The average molecular weight is 302 g/mol. The Hall–Kier alpha value is -2.94. The van der Waals surface area contributed by atoms with Crippen molar-refractivity contribution < 1.29 is 18.3 Å². The fourth-order valence-corrected chi connectivity index (χ4v) is 1.73. The predicted molar refractivity (Wildman–Crippen MR) is 76.2 cm³/mol. The molecular formula is C16H12F2N2O2. The third-order valence-electron chi connectivity index (χ3n) is 2.87. The van der Waals surface area contributed by atoms with Crippen LogP contribution in [0.4, 0.5) is 14.5 Å². The van der Waals surface area contributed by atoms with Crippen LogP contribution < -0.4 is 10.1 Å². The second-order valence-corrected chi connectivity index (χ2v) is 4.48. The van der Waals surface area contributed by atoms with Gasteiger partial charge >= 0.3 is 0 Å². The summed E-state index contributed by atoms with van der Waals surface area (Å²) in [5, 5.41) is 11.3. The number of anilines is 1. The number of rotatable bonds is 4. The summed E-state index contributed by atoms with van der Waals surface area (Å²) in [6, 6.07) is 11.2. The van der Waals surface area contributed by atoms with Crippen molar-refractivity contribution in [3.63, 3.8) is 0 Å². The van der Waals surface area contributed by atoms with E-state index >= 15 is 0 Å². The number of benzene rings is 2. The van der Waals surface area contributed by atoms with Gasteiger partial charge in [0.25, 0.3) is 5.91 Å². The topological polar surface area (TPSA) is 62.1 Å². The zero-order valence-electron chi connectivity index (χ0n) is 11.6. The molecule has 0 radical (unpaired) electrons. The number of carbonyl (C=O) groups excluding carboxylic acids is 1. The van der Waals surface area contributed by atoms with E-state index in [1.165, 1.54) is 6.92 Å². The normalized spacial score (nSPS) is 11.4. The van der Waals surface area contributed by atoms with Gasteiger partial charge in [-0.2, -0.15) is 5.26 Å². The zero-order chi connectivity index (χ0) is 16.1. The molecule has 0 spiro atoms. The lowest BCUT2D eigenvalue weighted by Gasteiger charge is -2.15. The lowest BCUT2D eigenvalue weighted by molar-refractivity contribution is -0.122. The zero-order valence-corrected chi connectivity index (χ0v) is 11.6. The molecule has 4 nitrogen and oxygen atoms in total. The van der Waals surface area contributed by atoms with Crippen LogP contribution in [0.5, 0.6) is 5.75 Å². The van der Waals surface area contributed by atoms with Gasteiger partial charge in [-0.15, -0.1) is 0 Å². The fraction of sp³-hybridized carbons (Fsp3) is 0.125. The van der Waals surface area contributed by atoms with Crippen molar-refractivity contribution >= 4 is 11.6 Å². The molecular weight excluding hydrogens is 290 g/mol. The Bertz CT molecular complexity index is 741. The first-order chi connectivity index (χ1) is 10.5. The lowest BCUT2D eigenvalue weighted by atomic mass is 10.2. The van der Waals surface area contributed by atoms with E-state index in [-0.39, 0.29) is 17.0 Å². The minimum Gasteiger partial charge on any atom is -0.480 e. The van der Waals surface area contributed by atoms with Crippen LogP contribution >= 0.6 is 0 Å².